The molecule has 3 N–H and O–H groups in total. The Bertz CT molecular complexity index is 611. The van der Waals surface area contributed by atoms with Crippen LogP contribution in [0.25, 0.3) is 0 Å². The van der Waals surface area contributed by atoms with E-state index in [1.807, 2.05) is 58.9 Å². The molecule has 7 nitrogen and oxygen atoms in total. The van der Waals surface area contributed by atoms with Crippen LogP contribution in [-0.4, -0.2) is 51.3 Å². The van der Waals surface area contributed by atoms with Crippen molar-refractivity contribution in [2.75, 3.05) is 33.3 Å². The highest BCUT2D eigenvalue weighted by Crippen LogP contribution is 2.26. The molecule has 0 aromatic heterocycles. The first-order valence-corrected chi connectivity index (χ1v) is 9.38. The SMILES string of the molecule is CCNC(=NCC(C)Oc1ccccc1OC)NCCNC(=O)C(C)(C)C. The van der Waals surface area contributed by atoms with Crippen LogP contribution in [0.4, 0.5) is 0 Å². The molecule has 1 atom stereocenters. The number of benzene rings is 1. The number of carbonyl (C=O) groups excluding carboxylic acids is 1. The number of amides is 1. The molecule has 1 rings (SSSR count). The van der Waals surface area contributed by atoms with Gasteiger partial charge in [-0.05, 0) is 26.0 Å². The molecule has 0 saturated carbocycles. The van der Waals surface area contributed by atoms with E-state index in [2.05, 4.69) is 20.9 Å². The fourth-order valence-electron chi connectivity index (χ4n) is 2.15. The number of rotatable bonds is 9. The van der Waals surface area contributed by atoms with Crippen LogP contribution < -0.4 is 25.4 Å². The van der Waals surface area contributed by atoms with Crippen molar-refractivity contribution in [2.24, 2.45) is 10.4 Å². The minimum absolute atomic E-state index is 0.0325. The molecule has 0 heterocycles. The van der Waals surface area contributed by atoms with E-state index >= 15 is 0 Å². The van der Waals surface area contributed by atoms with Crippen molar-refractivity contribution in [2.45, 2.75) is 40.7 Å². The molecule has 1 aromatic carbocycles. The van der Waals surface area contributed by atoms with Gasteiger partial charge < -0.3 is 25.4 Å². The highest BCUT2D eigenvalue weighted by atomic mass is 16.5. The lowest BCUT2D eigenvalue weighted by Crippen LogP contribution is -2.43. The van der Waals surface area contributed by atoms with Gasteiger partial charge in [-0.2, -0.15) is 0 Å². The molecule has 0 fully saturated rings. The van der Waals surface area contributed by atoms with Gasteiger partial charge in [0.15, 0.2) is 17.5 Å². The van der Waals surface area contributed by atoms with E-state index in [0.29, 0.717) is 37.1 Å². The Kier molecular flexibility index (Phi) is 9.47. The number of nitrogens with zero attached hydrogens (tertiary/aromatic N) is 1. The average Bonchev–Trinajstić information content (AvgIpc) is 2.62. The molecule has 0 saturated heterocycles. The fraction of sp³-hybridized carbons (Fsp3) is 0.600. The van der Waals surface area contributed by atoms with Crippen LogP contribution in [-0.2, 0) is 4.79 Å². The Morgan fingerprint density at radius 2 is 1.74 bits per heavy atom. The summed E-state index contributed by atoms with van der Waals surface area (Å²) in [6, 6.07) is 7.55. The Hall–Kier alpha value is -2.44. The summed E-state index contributed by atoms with van der Waals surface area (Å²) in [5.74, 6) is 2.13. The average molecular weight is 379 g/mol. The maximum absolute atomic E-state index is 11.9. The van der Waals surface area contributed by atoms with Gasteiger partial charge in [-0.25, -0.2) is 4.99 Å². The molecule has 1 aromatic rings. The van der Waals surface area contributed by atoms with Gasteiger partial charge in [-0.1, -0.05) is 32.9 Å². The van der Waals surface area contributed by atoms with Gasteiger partial charge in [0.2, 0.25) is 5.91 Å². The van der Waals surface area contributed by atoms with E-state index in [9.17, 15) is 4.79 Å². The normalized spacial score (nSPS) is 12.9. The quantitative estimate of drug-likeness (QED) is 0.348. The predicted molar refractivity (Wildman–Crippen MR) is 110 cm³/mol. The first-order valence-electron chi connectivity index (χ1n) is 9.38. The molecular formula is C20H34N4O3. The number of methoxy groups -OCH3 is 1. The number of hydrogen-bond donors (Lipinski definition) is 3. The Morgan fingerprint density at radius 3 is 2.33 bits per heavy atom. The highest BCUT2D eigenvalue weighted by Gasteiger charge is 2.20. The van der Waals surface area contributed by atoms with Gasteiger partial charge in [0.1, 0.15) is 6.10 Å². The topological polar surface area (TPSA) is 84.0 Å². The minimum Gasteiger partial charge on any atom is -0.493 e. The first kappa shape index (κ1) is 22.6. The van der Waals surface area contributed by atoms with Crippen molar-refractivity contribution in [3.8, 4) is 11.5 Å². The standard InChI is InChI=1S/C20H34N4O3/c1-7-21-19(23-13-12-22-18(25)20(3,4)5)24-14-15(2)27-17-11-9-8-10-16(17)26-6/h8-11,15H,7,12-14H2,1-6H3,(H,22,25)(H2,21,23,24). The summed E-state index contributed by atoms with van der Waals surface area (Å²) in [6.07, 6.45) is -0.114. The third-order valence-corrected chi connectivity index (χ3v) is 3.63. The fourth-order valence-corrected chi connectivity index (χ4v) is 2.15. The van der Waals surface area contributed by atoms with Gasteiger partial charge in [0, 0.05) is 25.0 Å². The van der Waals surface area contributed by atoms with E-state index in [4.69, 9.17) is 9.47 Å². The van der Waals surface area contributed by atoms with Crippen LogP contribution >= 0.6 is 0 Å². The summed E-state index contributed by atoms with van der Waals surface area (Å²) >= 11 is 0. The molecule has 7 heteroatoms. The monoisotopic (exact) mass is 378 g/mol. The number of hydrogen-bond acceptors (Lipinski definition) is 4. The smallest absolute Gasteiger partial charge is 0.225 e. The zero-order valence-corrected chi connectivity index (χ0v) is 17.4. The molecule has 0 radical (unpaired) electrons. The van der Waals surface area contributed by atoms with Crippen molar-refractivity contribution >= 4 is 11.9 Å². The summed E-state index contributed by atoms with van der Waals surface area (Å²) in [4.78, 5) is 16.4. The number of guanidine groups is 1. The Labute approximate surface area is 162 Å². The van der Waals surface area contributed by atoms with Gasteiger partial charge in [-0.3, -0.25) is 4.79 Å². The second-order valence-corrected chi connectivity index (χ2v) is 7.23. The molecule has 152 valence electrons. The van der Waals surface area contributed by atoms with Crippen molar-refractivity contribution in [3.63, 3.8) is 0 Å². The molecule has 0 aliphatic heterocycles. The van der Waals surface area contributed by atoms with Crippen LogP contribution in [0.15, 0.2) is 29.3 Å². The van der Waals surface area contributed by atoms with Crippen LogP contribution in [0.3, 0.4) is 0 Å². The van der Waals surface area contributed by atoms with Crippen molar-refractivity contribution in [3.05, 3.63) is 24.3 Å². The number of aliphatic imine (C=N–C) groups is 1. The van der Waals surface area contributed by atoms with E-state index in [1.165, 1.54) is 0 Å². The van der Waals surface area contributed by atoms with Crippen LogP contribution in [0.5, 0.6) is 11.5 Å². The molecule has 1 amide bonds. The van der Waals surface area contributed by atoms with Crippen molar-refractivity contribution in [1.82, 2.24) is 16.0 Å². The zero-order valence-electron chi connectivity index (χ0n) is 17.4. The number of nitrogens with one attached hydrogen (secondary N) is 3. The van der Waals surface area contributed by atoms with E-state index in [0.717, 1.165) is 6.54 Å². The minimum atomic E-state index is -0.385. The van der Waals surface area contributed by atoms with Crippen LogP contribution in [0, 0.1) is 5.41 Å². The number of para-hydroxylation sites is 2. The Morgan fingerprint density at radius 1 is 1.11 bits per heavy atom. The molecule has 0 bridgehead atoms. The molecule has 0 aliphatic carbocycles. The second kappa shape index (κ2) is 11.3. The molecular weight excluding hydrogens is 344 g/mol. The summed E-state index contributed by atoms with van der Waals surface area (Å²) in [5.41, 5.74) is -0.385. The summed E-state index contributed by atoms with van der Waals surface area (Å²) < 4.78 is 11.2. The van der Waals surface area contributed by atoms with Gasteiger partial charge >= 0.3 is 0 Å². The van der Waals surface area contributed by atoms with Crippen molar-refractivity contribution in [1.29, 1.82) is 0 Å². The van der Waals surface area contributed by atoms with Gasteiger partial charge in [0.25, 0.3) is 0 Å². The predicted octanol–water partition coefficient (Wildman–Crippen LogP) is 2.18. The lowest BCUT2D eigenvalue weighted by molar-refractivity contribution is -0.128. The van der Waals surface area contributed by atoms with E-state index in [-0.39, 0.29) is 17.4 Å². The summed E-state index contributed by atoms with van der Waals surface area (Å²) in [7, 11) is 1.62. The van der Waals surface area contributed by atoms with E-state index in [1.54, 1.807) is 7.11 Å². The Balaban J connectivity index is 2.49. The third kappa shape index (κ3) is 8.66. The third-order valence-electron chi connectivity index (χ3n) is 3.63. The first-order chi connectivity index (χ1) is 12.8. The highest BCUT2D eigenvalue weighted by molar-refractivity contribution is 5.81. The number of ether oxygens (including phenoxy) is 2. The second-order valence-electron chi connectivity index (χ2n) is 7.23. The van der Waals surface area contributed by atoms with Gasteiger partial charge in [-0.15, -0.1) is 0 Å². The summed E-state index contributed by atoms with van der Waals surface area (Å²) in [6.45, 7) is 12.0. The van der Waals surface area contributed by atoms with Crippen molar-refractivity contribution < 1.29 is 14.3 Å². The zero-order chi connectivity index (χ0) is 20.3. The van der Waals surface area contributed by atoms with Gasteiger partial charge in [0.05, 0.1) is 13.7 Å². The largest absolute Gasteiger partial charge is 0.493 e. The molecule has 0 spiro atoms. The lowest BCUT2D eigenvalue weighted by atomic mass is 9.96. The number of carbonyl (C=O) groups is 1. The van der Waals surface area contributed by atoms with E-state index < -0.39 is 0 Å². The molecule has 1 unspecified atom stereocenters. The molecule has 27 heavy (non-hydrogen) atoms. The van der Waals surface area contributed by atoms with Crippen LogP contribution in [0.1, 0.15) is 34.6 Å². The maximum atomic E-state index is 11.9. The lowest BCUT2D eigenvalue weighted by Gasteiger charge is -2.19. The van der Waals surface area contributed by atoms with Crippen LogP contribution in [0.2, 0.25) is 0 Å². The maximum Gasteiger partial charge on any atom is 0.225 e. The summed E-state index contributed by atoms with van der Waals surface area (Å²) in [5, 5.41) is 9.31. The molecule has 0 aliphatic rings.